The van der Waals surface area contributed by atoms with Gasteiger partial charge in [0.15, 0.2) is 0 Å². The fourth-order valence-corrected chi connectivity index (χ4v) is 2.57. The molecule has 0 bridgehead atoms. The lowest BCUT2D eigenvalue weighted by molar-refractivity contribution is -0.384. The summed E-state index contributed by atoms with van der Waals surface area (Å²) in [6, 6.07) is 4.54. The van der Waals surface area contributed by atoms with E-state index in [1.807, 2.05) is 13.8 Å². The van der Waals surface area contributed by atoms with E-state index in [0.29, 0.717) is 0 Å². The number of nitro groups is 1. The number of fused-ring (bicyclic) bond motifs is 1. The summed E-state index contributed by atoms with van der Waals surface area (Å²) in [6.07, 6.45) is -0.579. The average molecular weight is 236 g/mol. The Hall–Kier alpha value is -1.46. The van der Waals surface area contributed by atoms with Crippen LogP contribution in [-0.4, -0.2) is 23.2 Å². The van der Waals surface area contributed by atoms with Gasteiger partial charge >= 0.3 is 0 Å². The molecule has 0 spiro atoms. The van der Waals surface area contributed by atoms with Crippen molar-refractivity contribution >= 4 is 5.69 Å². The van der Waals surface area contributed by atoms with Crippen LogP contribution in [0.3, 0.4) is 0 Å². The van der Waals surface area contributed by atoms with E-state index in [1.165, 1.54) is 6.07 Å². The summed E-state index contributed by atoms with van der Waals surface area (Å²) in [4.78, 5) is 10.3. The first-order valence-corrected chi connectivity index (χ1v) is 5.53. The lowest BCUT2D eigenvalue weighted by atomic mass is 9.84. The van der Waals surface area contributed by atoms with Crippen LogP contribution in [-0.2, 0) is 5.41 Å². The Kier molecular flexibility index (Phi) is 2.67. The molecule has 1 aliphatic rings. The number of rotatable bonds is 2. The highest BCUT2D eigenvalue weighted by Gasteiger charge is 2.45. The fourth-order valence-electron chi connectivity index (χ4n) is 2.57. The molecule has 0 radical (unpaired) electrons. The molecule has 1 aromatic rings. The van der Waals surface area contributed by atoms with Gasteiger partial charge in [-0.3, -0.25) is 10.1 Å². The van der Waals surface area contributed by atoms with Crippen LogP contribution in [0.2, 0.25) is 0 Å². The number of aliphatic hydroxyl groups excluding tert-OH is 1. The number of hydrogen-bond acceptors (Lipinski definition) is 4. The van der Waals surface area contributed by atoms with Crippen molar-refractivity contribution in [1.29, 1.82) is 0 Å². The van der Waals surface area contributed by atoms with Crippen LogP contribution in [0.4, 0.5) is 5.69 Å². The first-order chi connectivity index (χ1) is 7.89. The van der Waals surface area contributed by atoms with Gasteiger partial charge in [-0.25, -0.2) is 0 Å². The topological polar surface area (TPSA) is 75.4 Å². The molecule has 0 aromatic heterocycles. The van der Waals surface area contributed by atoms with Crippen LogP contribution in [0, 0.1) is 10.1 Å². The number of benzene rings is 1. The van der Waals surface area contributed by atoms with Crippen molar-refractivity contribution in [3.05, 3.63) is 39.4 Å². The third-order valence-electron chi connectivity index (χ3n) is 3.64. The summed E-state index contributed by atoms with van der Waals surface area (Å²) in [5, 5.41) is 24.0. The number of nitrogens with one attached hydrogen (secondary N) is 1. The lowest BCUT2D eigenvalue weighted by Gasteiger charge is -2.26. The molecule has 0 unspecified atom stereocenters. The Labute approximate surface area is 99.6 Å². The number of non-ortho nitro benzene ring substituents is 1. The van der Waals surface area contributed by atoms with Crippen molar-refractivity contribution < 1.29 is 10.0 Å². The van der Waals surface area contributed by atoms with Gasteiger partial charge in [-0.1, -0.05) is 19.9 Å². The number of nitrogens with zero attached hydrogens (tertiary/aromatic N) is 1. The number of aliphatic hydroxyl groups is 1. The van der Waals surface area contributed by atoms with Gasteiger partial charge < -0.3 is 10.4 Å². The number of nitro benzene ring substituents is 1. The van der Waals surface area contributed by atoms with Crippen LogP contribution in [0.5, 0.6) is 0 Å². The van der Waals surface area contributed by atoms with E-state index in [-0.39, 0.29) is 11.7 Å². The van der Waals surface area contributed by atoms with E-state index in [1.54, 1.807) is 19.2 Å². The summed E-state index contributed by atoms with van der Waals surface area (Å²) in [5.41, 5.74) is 1.46. The van der Waals surface area contributed by atoms with Gasteiger partial charge in [0.25, 0.3) is 5.69 Å². The summed E-state index contributed by atoms with van der Waals surface area (Å²) < 4.78 is 0. The quantitative estimate of drug-likeness (QED) is 0.603. The molecule has 1 aliphatic carbocycles. The summed E-state index contributed by atoms with van der Waals surface area (Å²) in [7, 11) is 1.75. The van der Waals surface area contributed by atoms with Crippen LogP contribution < -0.4 is 5.32 Å². The van der Waals surface area contributed by atoms with Gasteiger partial charge in [-0.2, -0.15) is 0 Å². The zero-order valence-electron chi connectivity index (χ0n) is 10.1. The number of hydrogen-bond donors (Lipinski definition) is 2. The van der Waals surface area contributed by atoms with E-state index in [4.69, 9.17) is 0 Å². The van der Waals surface area contributed by atoms with Gasteiger partial charge in [0.2, 0.25) is 0 Å². The molecule has 0 aliphatic heterocycles. The largest absolute Gasteiger partial charge is 0.390 e. The van der Waals surface area contributed by atoms with Crippen molar-refractivity contribution in [2.24, 2.45) is 0 Å². The Bertz CT molecular complexity index is 471. The highest BCUT2D eigenvalue weighted by molar-refractivity contribution is 5.49. The summed E-state index contributed by atoms with van der Waals surface area (Å²) in [5.74, 6) is 0. The molecular formula is C12H16N2O3. The van der Waals surface area contributed by atoms with Crippen molar-refractivity contribution in [3.8, 4) is 0 Å². The molecule has 0 amide bonds. The SMILES string of the molecule is CN[C@H]1c2cc([N+](=O)[O-])ccc2C(C)(C)[C@@H]1O. The Morgan fingerprint density at radius 1 is 1.47 bits per heavy atom. The molecule has 1 aromatic carbocycles. The van der Waals surface area contributed by atoms with E-state index in [0.717, 1.165) is 11.1 Å². The molecule has 0 saturated carbocycles. The second-order valence-corrected chi connectivity index (χ2v) is 4.96. The Morgan fingerprint density at radius 3 is 2.65 bits per heavy atom. The molecule has 2 N–H and O–H groups in total. The second-order valence-electron chi connectivity index (χ2n) is 4.96. The zero-order chi connectivity index (χ0) is 12.8. The predicted molar refractivity (Wildman–Crippen MR) is 63.9 cm³/mol. The molecule has 2 atom stereocenters. The molecule has 92 valence electrons. The molecule has 0 saturated heterocycles. The average Bonchev–Trinajstić information content (AvgIpc) is 2.47. The highest BCUT2D eigenvalue weighted by Crippen LogP contribution is 2.45. The Balaban J connectivity index is 2.59. The van der Waals surface area contributed by atoms with Crippen LogP contribution >= 0.6 is 0 Å². The lowest BCUT2D eigenvalue weighted by Crippen LogP contribution is -2.35. The van der Waals surface area contributed by atoms with E-state index >= 15 is 0 Å². The van der Waals surface area contributed by atoms with E-state index in [2.05, 4.69) is 5.32 Å². The van der Waals surface area contributed by atoms with Crippen molar-refractivity contribution in [1.82, 2.24) is 5.32 Å². The first kappa shape index (κ1) is 12.0. The third kappa shape index (κ3) is 1.62. The number of likely N-dealkylation sites (N-methyl/N-ethyl adjacent to an activating group) is 1. The van der Waals surface area contributed by atoms with Crippen molar-refractivity contribution in [2.45, 2.75) is 31.4 Å². The second kappa shape index (κ2) is 3.78. The standard InChI is InChI=1S/C12H16N2O3/c1-12(2)9-5-4-7(14(16)17)6-8(9)10(13-3)11(12)15/h4-6,10-11,13,15H,1-3H3/t10-,11+/m0/s1. The minimum Gasteiger partial charge on any atom is -0.390 e. The zero-order valence-corrected chi connectivity index (χ0v) is 10.1. The van der Waals surface area contributed by atoms with Gasteiger partial charge in [0.05, 0.1) is 17.1 Å². The molecule has 0 fully saturated rings. The molecule has 5 heteroatoms. The molecule has 0 heterocycles. The van der Waals surface area contributed by atoms with Crippen molar-refractivity contribution in [3.63, 3.8) is 0 Å². The van der Waals surface area contributed by atoms with E-state index in [9.17, 15) is 15.2 Å². The molecule has 17 heavy (non-hydrogen) atoms. The maximum absolute atomic E-state index is 10.8. The minimum absolute atomic E-state index is 0.0638. The molecule has 2 rings (SSSR count). The maximum Gasteiger partial charge on any atom is 0.269 e. The first-order valence-electron chi connectivity index (χ1n) is 5.53. The Morgan fingerprint density at radius 2 is 2.12 bits per heavy atom. The third-order valence-corrected chi connectivity index (χ3v) is 3.64. The fraction of sp³-hybridized carbons (Fsp3) is 0.500. The summed E-state index contributed by atoms with van der Waals surface area (Å²) >= 11 is 0. The van der Waals surface area contributed by atoms with Gasteiger partial charge in [0.1, 0.15) is 0 Å². The normalized spacial score (nSPS) is 25.6. The van der Waals surface area contributed by atoms with Gasteiger partial charge in [0, 0.05) is 17.5 Å². The smallest absolute Gasteiger partial charge is 0.269 e. The van der Waals surface area contributed by atoms with Gasteiger partial charge in [-0.15, -0.1) is 0 Å². The highest BCUT2D eigenvalue weighted by atomic mass is 16.6. The maximum atomic E-state index is 10.8. The van der Waals surface area contributed by atoms with Gasteiger partial charge in [-0.05, 0) is 18.2 Å². The molecular weight excluding hydrogens is 220 g/mol. The summed E-state index contributed by atoms with van der Waals surface area (Å²) in [6.45, 7) is 3.89. The van der Waals surface area contributed by atoms with Crippen LogP contribution in [0.25, 0.3) is 0 Å². The van der Waals surface area contributed by atoms with Crippen molar-refractivity contribution in [2.75, 3.05) is 7.05 Å². The monoisotopic (exact) mass is 236 g/mol. The minimum atomic E-state index is -0.579. The van der Waals surface area contributed by atoms with Crippen LogP contribution in [0.1, 0.15) is 31.0 Å². The predicted octanol–water partition coefficient (Wildman–Crippen LogP) is 1.51. The van der Waals surface area contributed by atoms with Crippen LogP contribution in [0.15, 0.2) is 18.2 Å². The molecule has 5 nitrogen and oxygen atoms in total. The van der Waals surface area contributed by atoms with E-state index < -0.39 is 16.4 Å².